The van der Waals surface area contributed by atoms with E-state index in [1.165, 1.54) is 16.7 Å². The smallest absolute Gasteiger partial charge is 0.317 e. The van der Waals surface area contributed by atoms with Crippen LogP contribution in [0.1, 0.15) is 43.0 Å². The summed E-state index contributed by atoms with van der Waals surface area (Å²) in [6, 6.07) is 14.2. The highest BCUT2D eigenvalue weighted by Gasteiger charge is 2.19. The Balaban J connectivity index is 1.78. The van der Waals surface area contributed by atoms with Crippen LogP contribution in [-0.4, -0.2) is 19.3 Å². The first-order valence-electron chi connectivity index (χ1n) is 9.07. The molecule has 0 saturated carbocycles. The Morgan fingerprint density at radius 3 is 2.42 bits per heavy atom. The largest absolute Gasteiger partial charge is 0.473 e. The fraction of sp³-hybridized carbons (Fsp3) is 0.409. The van der Waals surface area contributed by atoms with Crippen molar-refractivity contribution in [2.45, 2.75) is 46.5 Å². The third-order valence-electron chi connectivity index (χ3n) is 4.19. The highest BCUT2D eigenvalue weighted by Crippen LogP contribution is 2.31. The number of amides is 2. The van der Waals surface area contributed by atoms with Crippen LogP contribution in [-0.2, 0) is 11.8 Å². The monoisotopic (exact) mass is 354 g/mol. The summed E-state index contributed by atoms with van der Waals surface area (Å²) in [7, 11) is 0. The number of rotatable bonds is 6. The van der Waals surface area contributed by atoms with E-state index in [9.17, 15) is 4.79 Å². The number of hydrogen-bond donors (Lipinski definition) is 2. The molecular formula is C22H30N2O2. The predicted molar refractivity (Wildman–Crippen MR) is 107 cm³/mol. The lowest BCUT2D eigenvalue weighted by Crippen LogP contribution is -2.38. The van der Waals surface area contributed by atoms with E-state index in [0.717, 1.165) is 17.7 Å². The molecule has 0 fully saturated rings. The molecule has 0 atom stereocenters. The molecule has 0 heterocycles. The Kier molecular flexibility index (Phi) is 6.67. The molecule has 2 amide bonds. The Hall–Kier alpha value is -2.49. The van der Waals surface area contributed by atoms with E-state index in [2.05, 4.69) is 69.5 Å². The van der Waals surface area contributed by atoms with Crippen molar-refractivity contribution in [2.24, 2.45) is 0 Å². The van der Waals surface area contributed by atoms with Crippen LogP contribution >= 0.6 is 0 Å². The van der Waals surface area contributed by atoms with Gasteiger partial charge in [-0.3, -0.25) is 0 Å². The summed E-state index contributed by atoms with van der Waals surface area (Å²) in [6.45, 7) is 11.3. The molecule has 0 bridgehead atoms. The van der Waals surface area contributed by atoms with E-state index >= 15 is 0 Å². The number of hydrogen-bond acceptors (Lipinski definition) is 2. The lowest BCUT2D eigenvalue weighted by molar-refractivity contribution is 0.223. The number of ether oxygens (including phenoxy) is 1. The lowest BCUT2D eigenvalue weighted by atomic mass is 9.85. The van der Waals surface area contributed by atoms with E-state index in [1.54, 1.807) is 0 Å². The zero-order valence-corrected chi connectivity index (χ0v) is 16.5. The number of nitrogens with one attached hydrogen (secondary N) is 2. The van der Waals surface area contributed by atoms with Gasteiger partial charge in [-0.05, 0) is 42.9 Å². The number of carbonyl (C=O) groups excluding carboxylic acids is 1. The molecule has 4 heteroatoms. The quantitative estimate of drug-likeness (QED) is 0.752. The van der Waals surface area contributed by atoms with Crippen LogP contribution < -0.4 is 15.4 Å². The van der Waals surface area contributed by atoms with Crippen molar-refractivity contribution < 1.29 is 9.53 Å². The minimum atomic E-state index is -0.220. The van der Waals surface area contributed by atoms with Crippen LogP contribution in [0, 0.1) is 13.8 Å². The standard InChI is InChI=1S/C22H30N2O2/c1-16-7-6-8-18(13-16)11-12-23-21(25)24-15-26-20-10-9-17(2)14-19(20)22(3,4)5/h6-10,13-14H,11-12,15H2,1-5H3,(H2,23,24,25). The summed E-state index contributed by atoms with van der Waals surface area (Å²) >= 11 is 0. The van der Waals surface area contributed by atoms with Crippen molar-refractivity contribution in [3.8, 4) is 5.75 Å². The van der Waals surface area contributed by atoms with Crippen molar-refractivity contribution in [3.05, 3.63) is 64.7 Å². The summed E-state index contributed by atoms with van der Waals surface area (Å²) in [5.74, 6) is 0.808. The van der Waals surface area contributed by atoms with E-state index in [-0.39, 0.29) is 18.2 Å². The van der Waals surface area contributed by atoms with Gasteiger partial charge in [-0.25, -0.2) is 4.79 Å². The zero-order chi connectivity index (χ0) is 19.2. The van der Waals surface area contributed by atoms with Gasteiger partial charge in [-0.2, -0.15) is 0 Å². The minimum Gasteiger partial charge on any atom is -0.473 e. The van der Waals surface area contributed by atoms with Crippen LogP contribution in [0.4, 0.5) is 4.79 Å². The van der Waals surface area contributed by atoms with Crippen molar-refractivity contribution in [1.29, 1.82) is 0 Å². The third kappa shape index (κ3) is 6.10. The van der Waals surface area contributed by atoms with Gasteiger partial charge in [0.15, 0.2) is 6.73 Å². The Labute approximate surface area is 157 Å². The molecule has 2 N–H and O–H groups in total. The van der Waals surface area contributed by atoms with Crippen LogP contribution in [0.2, 0.25) is 0 Å². The maximum absolute atomic E-state index is 11.9. The van der Waals surface area contributed by atoms with Gasteiger partial charge in [0, 0.05) is 6.54 Å². The molecule has 0 aliphatic heterocycles. The molecule has 0 aromatic heterocycles. The van der Waals surface area contributed by atoms with E-state index in [0.29, 0.717) is 6.54 Å². The van der Waals surface area contributed by atoms with Gasteiger partial charge >= 0.3 is 6.03 Å². The number of aryl methyl sites for hydroxylation is 2. The lowest BCUT2D eigenvalue weighted by Gasteiger charge is -2.23. The normalized spacial score (nSPS) is 11.1. The van der Waals surface area contributed by atoms with Crippen LogP contribution in [0.25, 0.3) is 0 Å². The van der Waals surface area contributed by atoms with E-state index in [4.69, 9.17) is 4.74 Å². The van der Waals surface area contributed by atoms with Crippen molar-refractivity contribution >= 4 is 6.03 Å². The first-order chi connectivity index (χ1) is 12.3. The second kappa shape index (κ2) is 8.75. The average molecular weight is 354 g/mol. The molecular weight excluding hydrogens is 324 g/mol. The number of urea groups is 1. The van der Waals surface area contributed by atoms with Gasteiger partial charge in [-0.15, -0.1) is 0 Å². The molecule has 2 rings (SSSR count). The minimum absolute atomic E-state index is 0.0164. The molecule has 2 aromatic rings. The molecule has 0 radical (unpaired) electrons. The first kappa shape index (κ1) is 19.8. The Bertz CT molecular complexity index is 748. The van der Waals surface area contributed by atoms with Gasteiger partial charge in [0.2, 0.25) is 0 Å². The molecule has 2 aromatic carbocycles. The number of benzene rings is 2. The van der Waals surface area contributed by atoms with Crippen molar-refractivity contribution in [2.75, 3.05) is 13.3 Å². The molecule has 0 unspecified atom stereocenters. The highest BCUT2D eigenvalue weighted by molar-refractivity contribution is 5.73. The maximum Gasteiger partial charge on any atom is 0.317 e. The second-order valence-corrected chi connectivity index (χ2v) is 7.71. The van der Waals surface area contributed by atoms with Gasteiger partial charge in [0.1, 0.15) is 5.75 Å². The number of carbonyl (C=O) groups is 1. The van der Waals surface area contributed by atoms with Crippen LogP contribution in [0.3, 0.4) is 0 Å². The molecule has 26 heavy (non-hydrogen) atoms. The second-order valence-electron chi connectivity index (χ2n) is 7.71. The third-order valence-corrected chi connectivity index (χ3v) is 4.19. The van der Waals surface area contributed by atoms with Crippen molar-refractivity contribution in [3.63, 3.8) is 0 Å². The van der Waals surface area contributed by atoms with Crippen molar-refractivity contribution in [1.82, 2.24) is 10.6 Å². The Morgan fingerprint density at radius 2 is 1.73 bits per heavy atom. The van der Waals surface area contributed by atoms with Crippen LogP contribution in [0.15, 0.2) is 42.5 Å². The summed E-state index contributed by atoms with van der Waals surface area (Å²) in [6.07, 6.45) is 0.808. The Morgan fingerprint density at radius 1 is 1.00 bits per heavy atom. The molecule has 0 aliphatic carbocycles. The van der Waals surface area contributed by atoms with Gasteiger partial charge in [0.25, 0.3) is 0 Å². The molecule has 4 nitrogen and oxygen atoms in total. The average Bonchev–Trinajstić information content (AvgIpc) is 2.55. The summed E-state index contributed by atoms with van der Waals surface area (Å²) in [5, 5.41) is 5.61. The fourth-order valence-electron chi connectivity index (χ4n) is 2.79. The summed E-state index contributed by atoms with van der Waals surface area (Å²) < 4.78 is 5.80. The van der Waals surface area contributed by atoms with Gasteiger partial charge < -0.3 is 15.4 Å². The molecule has 0 aliphatic rings. The summed E-state index contributed by atoms with van der Waals surface area (Å²) in [4.78, 5) is 11.9. The maximum atomic E-state index is 11.9. The highest BCUT2D eigenvalue weighted by atomic mass is 16.5. The van der Waals surface area contributed by atoms with E-state index in [1.807, 2.05) is 18.2 Å². The summed E-state index contributed by atoms with van der Waals surface area (Å²) in [5.41, 5.74) is 4.77. The van der Waals surface area contributed by atoms with Gasteiger partial charge in [0.05, 0.1) is 0 Å². The van der Waals surface area contributed by atoms with E-state index < -0.39 is 0 Å². The molecule has 0 spiro atoms. The SMILES string of the molecule is Cc1cccc(CCNC(=O)NCOc2ccc(C)cc2C(C)(C)C)c1. The fourth-order valence-corrected chi connectivity index (χ4v) is 2.79. The first-order valence-corrected chi connectivity index (χ1v) is 9.07. The van der Waals surface area contributed by atoms with Gasteiger partial charge in [-0.1, -0.05) is 68.3 Å². The predicted octanol–water partition coefficient (Wildman–Crippen LogP) is 4.48. The topological polar surface area (TPSA) is 50.4 Å². The molecule has 0 saturated heterocycles. The zero-order valence-electron chi connectivity index (χ0n) is 16.5. The molecule has 140 valence electrons. The van der Waals surface area contributed by atoms with Crippen LogP contribution in [0.5, 0.6) is 5.75 Å².